The van der Waals surface area contributed by atoms with Crippen molar-refractivity contribution in [2.45, 2.75) is 0 Å². The van der Waals surface area contributed by atoms with Crippen molar-refractivity contribution in [3.8, 4) is 11.5 Å². The number of rotatable bonds is 5. The lowest BCUT2D eigenvalue weighted by Gasteiger charge is -2.22. The number of para-hydroxylation sites is 1. The number of hydrogen-bond acceptors (Lipinski definition) is 4. The van der Waals surface area contributed by atoms with Crippen molar-refractivity contribution in [2.75, 3.05) is 18.6 Å². The Morgan fingerprint density at radius 2 is 1.93 bits per heavy atom. The molecule has 1 aromatic heterocycles. The zero-order valence-corrected chi connectivity index (χ0v) is 15.2. The Morgan fingerprint density at radius 1 is 1.22 bits per heavy atom. The highest BCUT2D eigenvalue weighted by molar-refractivity contribution is 6.11. The molecule has 1 N–H and O–H groups in total. The Hall–Kier alpha value is -3.54. The molecule has 0 atom stereocenters. The van der Waals surface area contributed by atoms with E-state index in [1.54, 1.807) is 55.6 Å². The highest BCUT2D eigenvalue weighted by Gasteiger charge is 2.27. The SMILES string of the molecule is C=CCN(C(=O)c1c(O)c2c(OC)cccc2n(C)c1=O)c1ccccc1. The number of aromatic hydroxyl groups is 1. The second kappa shape index (κ2) is 7.37. The molecule has 0 fully saturated rings. The third-order valence-corrected chi connectivity index (χ3v) is 4.42. The van der Waals surface area contributed by atoms with Gasteiger partial charge in [0.05, 0.1) is 18.0 Å². The standard InChI is InChI=1S/C21H20N2O4/c1-4-13-23(14-9-6-5-7-10-14)21(26)18-19(24)17-15(22(2)20(18)25)11-8-12-16(17)27-3/h4-12,24H,1,13H2,2-3H3. The fourth-order valence-electron chi connectivity index (χ4n) is 3.08. The molecule has 0 aliphatic heterocycles. The minimum Gasteiger partial charge on any atom is -0.506 e. The largest absolute Gasteiger partial charge is 0.506 e. The summed E-state index contributed by atoms with van der Waals surface area (Å²) >= 11 is 0. The lowest BCUT2D eigenvalue weighted by molar-refractivity contribution is 0.0985. The molecule has 0 aliphatic carbocycles. The van der Waals surface area contributed by atoms with Crippen LogP contribution in [0.2, 0.25) is 0 Å². The summed E-state index contributed by atoms with van der Waals surface area (Å²) in [6.07, 6.45) is 1.56. The van der Waals surface area contributed by atoms with Gasteiger partial charge in [-0.2, -0.15) is 0 Å². The van der Waals surface area contributed by atoms with Crippen LogP contribution in [0.3, 0.4) is 0 Å². The Morgan fingerprint density at radius 3 is 2.56 bits per heavy atom. The number of hydrogen-bond donors (Lipinski definition) is 1. The van der Waals surface area contributed by atoms with E-state index < -0.39 is 11.5 Å². The number of aromatic nitrogens is 1. The number of nitrogens with zero attached hydrogens (tertiary/aromatic N) is 2. The van der Waals surface area contributed by atoms with Gasteiger partial charge in [-0.3, -0.25) is 9.59 Å². The molecular weight excluding hydrogens is 344 g/mol. The number of carbonyl (C=O) groups excluding carboxylic acids is 1. The smallest absolute Gasteiger partial charge is 0.268 e. The zero-order valence-electron chi connectivity index (χ0n) is 15.2. The van der Waals surface area contributed by atoms with Gasteiger partial charge in [0.15, 0.2) is 0 Å². The topological polar surface area (TPSA) is 71.8 Å². The number of fused-ring (bicyclic) bond motifs is 1. The lowest BCUT2D eigenvalue weighted by Crippen LogP contribution is -2.36. The Balaban J connectivity index is 2.28. The lowest BCUT2D eigenvalue weighted by atomic mass is 10.1. The van der Waals surface area contributed by atoms with Crippen LogP contribution >= 0.6 is 0 Å². The minimum absolute atomic E-state index is 0.190. The molecule has 138 valence electrons. The van der Waals surface area contributed by atoms with Crippen LogP contribution in [0.1, 0.15) is 10.4 Å². The molecule has 0 radical (unpaired) electrons. The first-order valence-corrected chi connectivity index (χ1v) is 8.37. The fraction of sp³-hybridized carbons (Fsp3) is 0.143. The summed E-state index contributed by atoms with van der Waals surface area (Å²) in [5.41, 5.74) is 0.191. The van der Waals surface area contributed by atoms with E-state index in [1.165, 1.54) is 16.6 Å². The molecule has 2 aromatic carbocycles. The van der Waals surface area contributed by atoms with Crippen molar-refractivity contribution < 1.29 is 14.6 Å². The van der Waals surface area contributed by atoms with E-state index in [2.05, 4.69) is 6.58 Å². The van der Waals surface area contributed by atoms with E-state index in [1.807, 2.05) is 6.07 Å². The summed E-state index contributed by atoms with van der Waals surface area (Å²) in [4.78, 5) is 27.5. The molecule has 3 rings (SSSR count). The van der Waals surface area contributed by atoms with Crippen molar-refractivity contribution in [3.05, 3.63) is 77.1 Å². The molecule has 3 aromatic rings. The van der Waals surface area contributed by atoms with Crippen LogP contribution in [-0.2, 0) is 7.05 Å². The van der Waals surface area contributed by atoms with E-state index >= 15 is 0 Å². The minimum atomic E-state index is -0.605. The summed E-state index contributed by atoms with van der Waals surface area (Å²) in [5, 5.41) is 11.2. The predicted octanol–water partition coefficient (Wildman–Crippen LogP) is 3.09. The van der Waals surface area contributed by atoms with E-state index in [0.717, 1.165) is 0 Å². The molecule has 0 saturated carbocycles. The molecule has 1 heterocycles. The molecule has 0 aliphatic rings. The molecule has 0 spiro atoms. The monoisotopic (exact) mass is 364 g/mol. The molecule has 27 heavy (non-hydrogen) atoms. The summed E-state index contributed by atoms with van der Waals surface area (Å²) in [5.74, 6) is -0.614. The van der Waals surface area contributed by atoms with E-state index in [-0.39, 0.29) is 17.9 Å². The van der Waals surface area contributed by atoms with Gasteiger partial charge in [0.2, 0.25) is 0 Å². The van der Waals surface area contributed by atoms with Crippen LogP contribution < -0.4 is 15.2 Å². The number of ether oxygens (including phenoxy) is 1. The average Bonchev–Trinajstić information content (AvgIpc) is 2.70. The van der Waals surface area contributed by atoms with Crippen LogP contribution in [0.15, 0.2) is 66.0 Å². The highest BCUT2D eigenvalue weighted by Crippen LogP contribution is 2.34. The number of carbonyl (C=O) groups is 1. The maximum Gasteiger partial charge on any atom is 0.268 e. The van der Waals surface area contributed by atoms with E-state index in [9.17, 15) is 14.7 Å². The molecule has 6 heteroatoms. The Kier molecular flexibility index (Phi) is 4.98. The summed E-state index contributed by atoms with van der Waals surface area (Å²) in [6.45, 7) is 3.87. The van der Waals surface area contributed by atoms with Gasteiger partial charge in [-0.05, 0) is 24.3 Å². The van der Waals surface area contributed by atoms with Crippen molar-refractivity contribution in [3.63, 3.8) is 0 Å². The number of anilines is 1. The molecule has 0 bridgehead atoms. The van der Waals surface area contributed by atoms with Gasteiger partial charge in [0, 0.05) is 19.3 Å². The third-order valence-electron chi connectivity index (χ3n) is 4.42. The maximum absolute atomic E-state index is 13.2. The van der Waals surface area contributed by atoms with Crippen LogP contribution in [0, 0.1) is 0 Å². The quantitative estimate of drug-likeness (QED) is 0.706. The maximum atomic E-state index is 13.2. The fourth-order valence-corrected chi connectivity index (χ4v) is 3.08. The third kappa shape index (κ3) is 3.06. The van der Waals surface area contributed by atoms with Gasteiger partial charge in [-0.15, -0.1) is 6.58 Å². The Bertz CT molecular complexity index is 1070. The van der Waals surface area contributed by atoms with Gasteiger partial charge < -0.3 is 19.3 Å². The first-order valence-electron chi connectivity index (χ1n) is 8.37. The van der Waals surface area contributed by atoms with Gasteiger partial charge in [0.25, 0.3) is 11.5 Å². The van der Waals surface area contributed by atoms with Crippen molar-refractivity contribution >= 4 is 22.5 Å². The first-order chi connectivity index (χ1) is 13.0. The van der Waals surface area contributed by atoms with Gasteiger partial charge in [-0.25, -0.2) is 0 Å². The molecule has 1 amide bonds. The van der Waals surface area contributed by atoms with E-state index in [0.29, 0.717) is 22.3 Å². The number of amides is 1. The normalized spacial score (nSPS) is 10.6. The second-order valence-corrected chi connectivity index (χ2v) is 5.98. The van der Waals surface area contributed by atoms with Crippen molar-refractivity contribution in [2.24, 2.45) is 7.05 Å². The summed E-state index contributed by atoms with van der Waals surface area (Å²) in [6, 6.07) is 14.0. The predicted molar refractivity (Wildman–Crippen MR) is 106 cm³/mol. The number of benzene rings is 2. The zero-order chi connectivity index (χ0) is 19.6. The Labute approximate surface area is 156 Å². The molecular formula is C21H20N2O4. The number of aryl methyl sites for hydroxylation is 1. The van der Waals surface area contributed by atoms with Crippen LogP contribution in [0.5, 0.6) is 11.5 Å². The summed E-state index contributed by atoms with van der Waals surface area (Å²) in [7, 11) is 3.02. The van der Waals surface area contributed by atoms with Crippen LogP contribution in [-0.4, -0.2) is 29.2 Å². The first kappa shape index (κ1) is 18.3. The number of pyridine rings is 1. The van der Waals surface area contributed by atoms with Crippen LogP contribution in [0.4, 0.5) is 5.69 Å². The van der Waals surface area contributed by atoms with Gasteiger partial charge in [0.1, 0.15) is 17.1 Å². The molecule has 6 nitrogen and oxygen atoms in total. The van der Waals surface area contributed by atoms with E-state index in [4.69, 9.17) is 4.74 Å². The highest BCUT2D eigenvalue weighted by atomic mass is 16.5. The summed E-state index contributed by atoms with van der Waals surface area (Å²) < 4.78 is 6.65. The second-order valence-electron chi connectivity index (χ2n) is 5.98. The van der Waals surface area contributed by atoms with Gasteiger partial charge >= 0.3 is 0 Å². The average molecular weight is 364 g/mol. The van der Waals surface area contributed by atoms with Crippen molar-refractivity contribution in [1.29, 1.82) is 0 Å². The van der Waals surface area contributed by atoms with Crippen molar-refractivity contribution in [1.82, 2.24) is 4.57 Å². The molecule has 0 unspecified atom stereocenters. The molecule has 0 saturated heterocycles. The number of methoxy groups -OCH3 is 1. The van der Waals surface area contributed by atoms with Crippen LogP contribution in [0.25, 0.3) is 10.9 Å². The van der Waals surface area contributed by atoms with Gasteiger partial charge in [-0.1, -0.05) is 30.3 Å².